The molecule has 11 rings (SSSR count). The highest BCUT2D eigenvalue weighted by atomic mass is 16.5. The van der Waals surface area contributed by atoms with Crippen molar-refractivity contribution in [2.75, 3.05) is 78.5 Å². The summed E-state index contributed by atoms with van der Waals surface area (Å²) in [5.74, 6) is 1.03. The molecule has 0 N–H and O–H groups in total. The van der Waals surface area contributed by atoms with Gasteiger partial charge in [0.25, 0.3) is 0 Å². The van der Waals surface area contributed by atoms with Crippen LogP contribution in [0.4, 0.5) is 11.4 Å². The summed E-state index contributed by atoms with van der Waals surface area (Å²) in [5, 5.41) is 0. The standard InChI is InChI=1S/C44H54N4O6/c1-9-24-22-47-15-13-42-30-17-28(36(52-6)21-32(30)45(3)39(42)34(47)18-27(24)37(42)40(49)53-7)29-19-33-31(20-35(29)51-5)43-14-16-48-23-25(10-2)26(38(43)41(50)54-8)11-12-44(43,48)46(33)4/h9-10,17,19-21,26-27,34,37-39H,11-16,18,22-23H2,1-8H3. The lowest BCUT2D eigenvalue weighted by molar-refractivity contribution is -0.158. The highest BCUT2D eigenvalue weighted by Crippen LogP contribution is 2.71. The van der Waals surface area contributed by atoms with E-state index in [4.69, 9.17) is 18.9 Å². The minimum atomic E-state index is -0.438. The molecule has 0 radical (unpaired) electrons. The van der Waals surface area contributed by atoms with Crippen molar-refractivity contribution in [3.05, 3.63) is 58.7 Å². The molecular weight excluding hydrogens is 681 g/mol. The van der Waals surface area contributed by atoms with E-state index in [1.165, 1.54) is 22.3 Å². The average molecular weight is 735 g/mol. The first-order valence-electron chi connectivity index (χ1n) is 20.0. The highest BCUT2D eigenvalue weighted by Gasteiger charge is 2.76. The van der Waals surface area contributed by atoms with Crippen LogP contribution in [0.15, 0.2) is 47.6 Å². The Bertz CT molecular complexity index is 2060. The Hall–Kier alpha value is -4.02. The van der Waals surface area contributed by atoms with Gasteiger partial charge in [0.15, 0.2) is 0 Å². The number of carbonyl (C=O) groups is 2. The Morgan fingerprint density at radius 2 is 1.44 bits per heavy atom. The molecule has 9 aliphatic rings. The van der Waals surface area contributed by atoms with E-state index in [0.717, 1.165) is 92.3 Å². The number of benzene rings is 2. The fourth-order valence-electron chi connectivity index (χ4n) is 14.5. The SMILES string of the molecule is CC=C1CN2CCC34c5cc(-c6cc7c(cc6OC)C68CCN9CC(=CC)C(CCC96N7C)C8C(=O)OC)c(OC)cc5N(C)C3C2CC1C4C(=O)OC. The second-order valence-electron chi connectivity index (χ2n) is 17.3. The quantitative estimate of drug-likeness (QED) is 0.290. The summed E-state index contributed by atoms with van der Waals surface area (Å²) in [5.41, 5.74) is 8.08. The second kappa shape index (κ2) is 11.5. The van der Waals surface area contributed by atoms with Crippen molar-refractivity contribution in [1.29, 1.82) is 0 Å². The maximum Gasteiger partial charge on any atom is 0.310 e. The van der Waals surface area contributed by atoms with Crippen molar-refractivity contribution in [2.24, 2.45) is 23.7 Å². The summed E-state index contributed by atoms with van der Waals surface area (Å²) >= 11 is 0. The van der Waals surface area contributed by atoms with Crippen molar-refractivity contribution >= 4 is 23.3 Å². The summed E-state index contributed by atoms with van der Waals surface area (Å²) in [6, 6.07) is 9.57. The Morgan fingerprint density at radius 1 is 0.759 bits per heavy atom. The molecule has 2 saturated carbocycles. The van der Waals surface area contributed by atoms with Gasteiger partial charge in [0.2, 0.25) is 0 Å². The van der Waals surface area contributed by atoms with Crippen LogP contribution in [-0.4, -0.2) is 108 Å². The molecule has 0 amide bonds. The number of allylic oxidation sites excluding steroid dienone is 2. The molecule has 10 unspecified atom stereocenters. The third kappa shape index (κ3) is 3.71. The lowest BCUT2D eigenvalue weighted by Crippen LogP contribution is -2.72. The van der Waals surface area contributed by atoms with Gasteiger partial charge in [-0.25, -0.2) is 0 Å². The molecule has 7 bridgehead atoms. The molecule has 7 aliphatic heterocycles. The smallest absolute Gasteiger partial charge is 0.310 e. The topological polar surface area (TPSA) is 84.0 Å². The maximum atomic E-state index is 14.1. The number of esters is 2. The summed E-state index contributed by atoms with van der Waals surface area (Å²) in [7, 11) is 11.0. The van der Waals surface area contributed by atoms with Gasteiger partial charge >= 0.3 is 11.9 Å². The molecule has 7 heterocycles. The van der Waals surface area contributed by atoms with Crippen LogP contribution in [0.2, 0.25) is 0 Å². The van der Waals surface area contributed by atoms with E-state index in [9.17, 15) is 9.59 Å². The number of rotatable bonds is 5. The molecule has 10 heteroatoms. The van der Waals surface area contributed by atoms with E-state index in [1.807, 2.05) is 0 Å². The molecular formula is C44H54N4O6. The Kier molecular flexibility index (Phi) is 7.35. The zero-order valence-corrected chi connectivity index (χ0v) is 33.0. The first-order valence-corrected chi connectivity index (χ1v) is 20.0. The van der Waals surface area contributed by atoms with Gasteiger partial charge in [-0.05, 0) is 93.7 Å². The number of anilines is 2. The fourth-order valence-corrected chi connectivity index (χ4v) is 14.5. The van der Waals surface area contributed by atoms with Crippen LogP contribution in [0.1, 0.15) is 57.1 Å². The van der Waals surface area contributed by atoms with Crippen molar-refractivity contribution in [3.8, 4) is 22.6 Å². The first-order chi connectivity index (χ1) is 26.1. The summed E-state index contributed by atoms with van der Waals surface area (Å²) in [4.78, 5) is 38.5. The molecule has 2 aromatic rings. The molecule has 286 valence electrons. The zero-order chi connectivity index (χ0) is 37.6. The van der Waals surface area contributed by atoms with E-state index in [-0.39, 0.29) is 47.3 Å². The molecule has 54 heavy (non-hydrogen) atoms. The molecule has 7 fully saturated rings. The van der Waals surface area contributed by atoms with E-state index in [2.05, 4.69) is 84.0 Å². The molecule has 2 aliphatic carbocycles. The van der Waals surface area contributed by atoms with Gasteiger partial charge in [-0.15, -0.1) is 0 Å². The molecule has 10 nitrogen and oxygen atoms in total. The van der Waals surface area contributed by atoms with Crippen molar-refractivity contribution < 1.29 is 28.5 Å². The number of ether oxygens (including phenoxy) is 4. The third-order valence-corrected chi connectivity index (χ3v) is 16.4. The van der Waals surface area contributed by atoms with Gasteiger partial charge in [0, 0.05) is 79.2 Å². The summed E-state index contributed by atoms with van der Waals surface area (Å²) in [6.45, 7) is 7.89. The molecule has 0 aromatic heterocycles. The van der Waals surface area contributed by atoms with Crippen LogP contribution in [0.25, 0.3) is 11.1 Å². The highest BCUT2D eigenvalue weighted by molar-refractivity contribution is 5.89. The second-order valence-corrected chi connectivity index (χ2v) is 17.3. The summed E-state index contributed by atoms with van der Waals surface area (Å²) in [6.07, 6.45) is 9.15. The number of likely N-dealkylation sites (N-methyl/N-ethyl adjacent to an activating group) is 2. The Balaban J connectivity index is 1.19. The van der Waals surface area contributed by atoms with Gasteiger partial charge in [0.05, 0.1) is 46.3 Å². The number of piperidine rings is 2. The van der Waals surface area contributed by atoms with Gasteiger partial charge in [-0.3, -0.25) is 19.4 Å². The number of methoxy groups -OCH3 is 4. The third-order valence-electron chi connectivity index (χ3n) is 16.4. The molecule has 5 saturated heterocycles. The van der Waals surface area contributed by atoms with Gasteiger partial charge in [-0.1, -0.05) is 23.3 Å². The van der Waals surface area contributed by atoms with Crippen LogP contribution in [0.3, 0.4) is 0 Å². The van der Waals surface area contributed by atoms with Crippen molar-refractivity contribution in [3.63, 3.8) is 0 Å². The van der Waals surface area contributed by atoms with Crippen LogP contribution in [0, 0.1) is 23.7 Å². The van der Waals surface area contributed by atoms with E-state index in [0.29, 0.717) is 6.04 Å². The number of fused-ring (bicyclic) bond motifs is 5. The average Bonchev–Trinajstić information content (AvgIpc) is 3.66. The zero-order valence-electron chi connectivity index (χ0n) is 33.0. The predicted octanol–water partition coefficient (Wildman–Crippen LogP) is 5.52. The lowest BCUT2D eigenvalue weighted by Gasteiger charge is -2.63. The number of hydrogen-bond donors (Lipinski definition) is 0. The number of hydrogen-bond acceptors (Lipinski definition) is 10. The van der Waals surface area contributed by atoms with Gasteiger partial charge in [-0.2, -0.15) is 0 Å². The van der Waals surface area contributed by atoms with Crippen LogP contribution < -0.4 is 19.3 Å². The van der Waals surface area contributed by atoms with Crippen LogP contribution in [0.5, 0.6) is 11.5 Å². The Labute approximate surface area is 319 Å². The largest absolute Gasteiger partial charge is 0.496 e. The molecule has 10 atom stereocenters. The van der Waals surface area contributed by atoms with Crippen molar-refractivity contribution in [1.82, 2.24) is 9.80 Å². The lowest BCUT2D eigenvalue weighted by atomic mass is 9.50. The van der Waals surface area contributed by atoms with Crippen LogP contribution >= 0.6 is 0 Å². The minimum Gasteiger partial charge on any atom is -0.496 e. The minimum absolute atomic E-state index is 0.105. The normalized spacial score (nSPS) is 39.3. The first kappa shape index (κ1) is 34.5. The van der Waals surface area contributed by atoms with E-state index < -0.39 is 10.8 Å². The number of nitrogens with zero attached hydrogens (tertiary/aromatic N) is 4. The van der Waals surface area contributed by atoms with Crippen LogP contribution in [-0.2, 0) is 29.9 Å². The summed E-state index contributed by atoms with van der Waals surface area (Å²) < 4.78 is 24.0. The monoisotopic (exact) mass is 734 g/mol. The van der Waals surface area contributed by atoms with Gasteiger partial charge < -0.3 is 28.7 Å². The Morgan fingerprint density at radius 3 is 2.15 bits per heavy atom. The van der Waals surface area contributed by atoms with E-state index in [1.54, 1.807) is 28.4 Å². The number of carbonyl (C=O) groups excluding carboxylic acids is 2. The predicted molar refractivity (Wildman–Crippen MR) is 207 cm³/mol. The molecule has 2 aromatic carbocycles. The van der Waals surface area contributed by atoms with E-state index >= 15 is 0 Å². The fraction of sp³-hybridized carbons (Fsp3) is 0.591. The van der Waals surface area contributed by atoms with Crippen molar-refractivity contribution in [2.45, 2.75) is 74.5 Å². The maximum absolute atomic E-state index is 14.1. The van der Waals surface area contributed by atoms with Gasteiger partial charge in [0.1, 0.15) is 17.2 Å². The molecule has 1 spiro atoms.